The largest absolute Gasteiger partial charge is 0.466 e. The second-order valence-electron chi connectivity index (χ2n) is 5.94. The van der Waals surface area contributed by atoms with Gasteiger partial charge < -0.3 is 14.4 Å². The molecule has 0 amide bonds. The van der Waals surface area contributed by atoms with Crippen LogP contribution in [-0.4, -0.2) is 49.1 Å². The Morgan fingerprint density at radius 1 is 1.03 bits per heavy atom. The quantitative estimate of drug-likeness (QED) is 0.520. The van der Waals surface area contributed by atoms with E-state index >= 15 is 0 Å². The first kappa shape index (κ1) is 21.0. The fourth-order valence-corrected chi connectivity index (χ4v) is 4.96. The van der Waals surface area contributed by atoms with Gasteiger partial charge in [-0.1, -0.05) is 54.2 Å². The van der Waals surface area contributed by atoms with Crippen molar-refractivity contribution in [2.24, 2.45) is 0 Å². The number of nitrogens with zero attached hydrogens (tertiary/aromatic N) is 1. The summed E-state index contributed by atoms with van der Waals surface area (Å²) in [6.45, 7) is 0. The summed E-state index contributed by atoms with van der Waals surface area (Å²) in [5.74, 6) is -1.51. The van der Waals surface area contributed by atoms with Crippen molar-refractivity contribution in [2.75, 3.05) is 20.5 Å². The second-order valence-corrected chi connectivity index (χ2v) is 8.04. The molecule has 2 heterocycles. The van der Waals surface area contributed by atoms with E-state index in [0.29, 0.717) is 15.5 Å². The van der Waals surface area contributed by atoms with E-state index in [4.69, 9.17) is 9.47 Å². The topological polar surface area (TPSA) is 72.9 Å². The molecule has 1 atom stereocenters. The Hall–Kier alpha value is -2.71. The summed E-state index contributed by atoms with van der Waals surface area (Å²) in [4.78, 5) is 40.4. The molecule has 1 unspecified atom stereocenters. The van der Waals surface area contributed by atoms with Crippen LogP contribution in [0.15, 0.2) is 75.2 Å². The van der Waals surface area contributed by atoms with Crippen LogP contribution >= 0.6 is 23.5 Å². The summed E-state index contributed by atoms with van der Waals surface area (Å²) < 4.78 is 10.5. The van der Waals surface area contributed by atoms with E-state index in [9.17, 15) is 14.4 Å². The Morgan fingerprint density at radius 2 is 1.72 bits per heavy atom. The Labute approximate surface area is 177 Å². The monoisotopic (exact) mass is 429 g/mol. The first-order chi connectivity index (χ1) is 14.0. The number of ketones is 1. The van der Waals surface area contributed by atoms with Gasteiger partial charge in [0.25, 0.3) is 0 Å². The molecular weight excluding hydrogens is 410 g/mol. The molecule has 3 rings (SSSR count). The second kappa shape index (κ2) is 9.19. The zero-order valence-electron chi connectivity index (χ0n) is 16.1. The van der Waals surface area contributed by atoms with E-state index in [0.717, 1.165) is 11.8 Å². The van der Waals surface area contributed by atoms with Crippen LogP contribution in [0.25, 0.3) is 0 Å². The molecule has 2 aliphatic heterocycles. The van der Waals surface area contributed by atoms with Gasteiger partial charge in [0, 0.05) is 11.8 Å². The van der Waals surface area contributed by atoms with Crippen LogP contribution in [0.4, 0.5) is 0 Å². The number of ether oxygens (including phenoxy) is 2. The molecule has 0 N–H and O–H groups in total. The minimum atomic E-state index is -0.679. The van der Waals surface area contributed by atoms with Crippen LogP contribution < -0.4 is 0 Å². The summed E-state index contributed by atoms with van der Waals surface area (Å²) in [7, 11) is 2.51. The number of thioether (sulfide) groups is 2. The van der Waals surface area contributed by atoms with Crippen molar-refractivity contribution in [3.05, 3.63) is 80.7 Å². The van der Waals surface area contributed by atoms with Gasteiger partial charge in [0.15, 0.2) is 0 Å². The molecule has 6 nitrogen and oxygen atoms in total. The Balaban J connectivity index is 2.24. The number of benzene rings is 1. The number of methoxy groups -OCH3 is 2. The molecule has 150 valence electrons. The van der Waals surface area contributed by atoms with Crippen LogP contribution in [0.2, 0.25) is 0 Å². The fraction of sp³-hybridized carbons (Fsp3) is 0.190. The third-order valence-corrected chi connectivity index (χ3v) is 6.63. The molecular formula is C21H19NO5S2. The lowest BCUT2D eigenvalue weighted by molar-refractivity contribution is -0.139. The molecule has 0 aromatic heterocycles. The van der Waals surface area contributed by atoms with Gasteiger partial charge in [-0.05, 0) is 12.3 Å². The van der Waals surface area contributed by atoms with Gasteiger partial charge in [0.1, 0.15) is 10.6 Å². The highest BCUT2D eigenvalue weighted by Gasteiger charge is 2.40. The van der Waals surface area contributed by atoms with Crippen molar-refractivity contribution in [3.63, 3.8) is 0 Å². The van der Waals surface area contributed by atoms with Gasteiger partial charge in [-0.15, -0.1) is 11.8 Å². The van der Waals surface area contributed by atoms with E-state index < -0.39 is 18.0 Å². The predicted octanol–water partition coefficient (Wildman–Crippen LogP) is 3.50. The molecule has 0 spiro atoms. The molecule has 8 heteroatoms. The Kier molecular flexibility index (Phi) is 6.66. The van der Waals surface area contributed by atoms with E-state index in [1.807, 2.05) is 12.3 Å². The van der Waals surface area contributed by atoms with Gasteiger partial charge in [-0.2, -0.15) is 0 Å². The first-order valence-corrected chi connectivity index (χ1v) is 10.7. The normalized spacial score (nSPS) is 18.3. The summed E-state index contributed by atoms with van der Waals surface area (Å²) in [5, 5.41) is 0. The summed E-state index contributed by atoms with van der Waals surface area (Å²) in [5.41, 5.74) is 1.03. The highest BCUT2D eigenvalue weighted by atomic mass is 32.2. The van der Waals surface area contributed by atoms with E-state index in [1.165, 1.54) is 26.0 Å². The summed E-state index contributed by atoms with van der Waals surface area (Å²) >= 11 is 2.38. The van der Waals surface area contributed by atoms with Crippen LogP contribution in [0.5, 0.6) is 0 Å². The molecule has 2 aliphatic rings. The molecule has 1 aromatic carbocycles. The Morgan fingerprint density at radius 3 is 2.34 bits per heavy atom. The number of hydrogen-bond acceptors (Lipinski definition) is 8. The van der Waals surface area contributed by atoms with Crippen molar-refractivity contribution in [3.8, 4) is 0 Å². The number of allylic oxidation sites excluding steroid dienone is 3. The number of carbonyl (C=O) groups excluding carboxylic acids is 3. The average molecular weight is 430 g/mol. The number of hydrogen-bond donors (Lipinski definition) is 0. The molecule has 0 fully saturated rings. The number of rotatable bonds is 5. The molecule has 0 bridgehead atoms. The maximum atomic E-state index is 13.4. The third-order valence-electron chi connectivity index (χ3n) is 4.35. The first-order valence-electron chi connectivity index (χ1n) is 8.63. The van der Waals surface area contributed by atoms with Gasteiger partial charge in [-0.25, -0.2) is 9.59 Å². The highest BCUT2D eigenvalue weighted by Crippen LogP contribution is 2.45. The standard InChI is InChI=1S/C21H19NO5S2/c1-26-19(24)15-14-11-7-8-12-22(14)16(17(23)13-9-5-4-6-10-13)21(28-3)29-18(15)20(25)27-2/h4-12,14H,1-3H3. The smallest absolute Gasteiger partial charge is 0.345 e. The molecule has 1 aromatic rings. The molecule has 0 aliphatic carbocycles. The average Bonchev–Trinajstić information content (AvgIpc) is 2.92. The minimum Gasteiger partial charge on any atom is -0.466 e. The van der Waals surface area contributed by atoms with Gasteiger partial charge in [0.2, 0.25) is 5.78 Å². The van der Waals surface area contributed by atoms with Crippen LogP contribution in [-0.2, 0) is 19.1 Å². The van der Waals surface area contributed by atoms with Gasteiger partial charge in [-0.3, -0.25) is 4.79 Å². The van der Waals surface area contributed by atoms with Crippen molar-refractivity contribution in [1.29, 1.82) is 0 Å². The lowest BCUT2D eigenvalue weighted by Gasteiger charge is -2.32. The van der Waals surface area contributed by atoms with Gasteiger partial charge >= 0.3 is 11.9 Å². The third kappa shape index (κ3) is 4.04. The molecule has 29 heavy (non-hydrogen) atoms. The fourth-order valence-electron chi connectivity index (χ4n) is 3.02. The van der Waals surface area contributed by atoms with Crippen molar-refractivity contribution < 1.29 is 23.9 Å². The van der Waals surface area contributed by atoms with Gasteiger partial charge in [0.05, 0.1) is 30.1 Å². The van der Waals surface area contributed by atoms with E-state index in [1.54, 1.807) is 53.6 Å². The van der Waals surface area contributed by atoms with Crippen molar-refractivity contribution in [1.82, 2.24) is 4.90 Å². The predicted molar refractivity (Wildman–Crippen MR) is 114 cm³/mol. The number of Topliss-reactive ketones (excluding diaryl/α,β-unsaturated/α-hetero) is 1. The number of esters is 2. The maximum Gasteiger partial charge on any atom is 0.345 e. The zero-order valence-corrected chi connectivity index (χ0v) is 17.7. The molecule has 0 saturated carbocycles. The summed E-state index contributed by atoms with van der Waals surface area (Å²) in [6, 6.07) is 8.20. The highest BCUT2D eigenvalue weighted by molar-refractivity contribution is 8.24. The Bertz CT molecular complexity index is 963. The summed E-state index contributed by atoms with van der Waals surface area (Å²) in [6.07, 6.45) is 8.82. The zero-order chi connectivity index (χ0) is 21.0. The SMILES string of the molecule is COC(=O)C1=C(C(=O)OC)C2C=CC=CN2C(C(=O)c2ccccc2)=C(SC)S1. The minimum absolute atomic E-state index is 0.106. The molecule has 0 saturated heterocycles. The molecule has 0 radical (unpaired) electrons. The maximum absolute atomic E-state index is 13.4. The van der Waals surface area contributed by atoms with Crippen LogP contribution in [0, 0.1) is 0 Å². The lowest BCUT2D eigenvalue weighted by Crippen LogP contribution is -2.37. The number of carbonyl (C=O) groups is 3. The van der Waals surface area contributed by atoms with Crippen LogP contribution in [0.3, 0.4) is 0 Å². The van der Waals surface area contributed by atoms with E-state index in [-0.39, 0.29) is 16.3 Å². The van der Waals surface area contributed by atoms with Crippen molar-refractivity contribution >= 4 is 41.2 Å². The van der Waals surface area contributed by atoms with Crippen LogP contribution in [0.1, 0.15) is 10.4 Å². The van der Waals surface area contributed by atoms with Crippen molar-refractivity contribution in [2.45, 2.75) is 6.04 Å². The number of fused-ring (bicyclic) bond motifs is 1. The van der Waals surface area contributed by atoms with E-state index in [2.05, 4.69) is 0 Å². The lowest BCUT2D eigenvalue weighted by atomic mass is 9.99.